The van der Waals surface area contributed by atoms with E-state index >= 15 is 0 Å². The molecule has 0 aliphatic heterocycles. The highest BCUT2D eigenvalue weighted by molar-refractivity contribution is 5.94. The lowest BCUT2D eigenvalue weighted by Crippen LogP contribution is -2.24. The van der Waals surface area contributed by atoms with Crippen LogP contribution in [0.1, 0.15) is 78.7 Å². The average molecular weight is 472 g/mol. The molecule has 0 aliphatic rings. The number of hydrogen-bond acceptors (Lipinski definition) is 3. The van der Waals surface area contributed by atoms with Crippen molar-refractivity contribution in [3.63, 3.8) is 0 Å². The highest BCUT2D eigenvalue weighted by Gasteiger charge is 2.20. The Labute approximate surface area is 209 Å². The standard InChI is InChI=1S/C31H37NO3/c1-20(2)24-8-10-25(11-9-24)29-22(5)18-28(19-23(29)6)35-30(21(3)4)26-12-14-27(15-13-26)31(34)32-16-7-17-33/h8-15,17-21,30H,7,16H2,1-6H3,(H,32,34). The molecule has 0 aromatic heterocycles. The van der Waals surface area contributed by atoms with E-state index in [0.29, 0.717) is 24.4 Å². The molecule has 0 spiro atoms. The van der Waals surface area contributed by atoms with Crippen molar-refractivity contribution in [2.75, 3.05) is 6.54 Å². The van der Waals surface area contributed by atoms with E-state index in [1.54, 1.807) is 0 Å². The molecule has 184 valence electrons. The molecule has 3 aromatic carbocycles. The fourth-order valence-corrected chi connectivity index (χ4v) is 4.39. The van der Waals surface area contributed by atoms with Crippen molar-refractivity contribution < 1.29 is 14.3 Å². The molecule has 0 fully saturated rings. The van der Waals surface area contributed by atoms with Gasteiger partial charge >= 0.3 is 0 Å². The van der Waals surface area contributed by atoms with Crippen LogP contribution in [0.3, 0.4) is 0 Å². The first kappa shape index (κ1) is 26.2. The summed E-state index contributed by atoms with van der Waals surface area (Å²) >= 11 is 0. The van der Waals surface area contributed by atoms with Crippen LogP contribution >= 0.6 is 0 Å². The summed E-state index contributed by atoms with van der Waals surface area (Å²) in [5.74, 6) is 1.42. The first-order valence-electron chi connectivity index (χ1n) is 12.4. The normalized spacial score (nSPS) is 12.0. The van der Waals surface area contributed by atoms with E-state index in [1.165, 1.54) is 27.8 Å². The molecule has 1 atom stereocenters. The minimum Gasteiger partial charge on any atom is -0.485 e. The van der Waals surface area contributed by atoms with E-state index in [4.69, 9.17) is 4.74 Å². The van der Waals surface area contributed by atoms with Gasteiger partial charge in [-0.3, -0.25) is 4.79 Å². The van der Waals surface area contributed by atoms with Crippen LogP contribution in [0.4, 0.5) is 0 Å². The zero-order valence-electron chi connectivity index (χ0n) is 21.7. The molecular formula is C31H37NO3. The van der Waals surface area contributed by atoms with Crippen molar-refractivity contribution in [1.82, 2.24) is 5.32 Å². The SMILES string of the molecule is Cc1cc(OC(c2ccc(C(=O)NCCC=O)cc2)C(C)C)cc(C)c1-c1ccc(C(C)C)cc1. The van der Waals surface area contributed by atoms with Gasteiger partial charge in [-0.15, -0.1) is 0 Å². The van der Waals surface area contributed by atoms with Gasteiger partial charge in [0.05, 0.1) is 0 Å². The van der Waals surface area contributed by atoms with Gasteiger partial charge in [-0.25, -0.2) is 0 Å². The molecule has 4 heteroatoms. The van der Waals surface area contributed by atoms with E-state index in [1.807, 2.05) is 24.3 Å². The maximum Gasteiger partial charge on any atom is 0.251 e. The van der Waals surface area contributed by atoms with Gasteiger partial charge in [-0.05, 0) is 83.3 Å². The largest absolute Gasteiger partial charge is 0.485 e. The Hall–Kier alpha value is -3.40. The zero-order chi connectivity index (χ0) is 25.5. The number of benzene rings is 3. The second-order valence-electron chi connectivity index (χ2n) is 9.82. The van der Waals surface area contributed by atoms with Gasteiger partial charge in [0.1, 0.15) is 18.1 Å². The fraction of sp³-hybridized carbons (Fsp3) is 0.355. The maximum atomic E-state index is 12.2. The van der Waals surface area contributed by atoms with Gasteiger partial charge < -0.3 is 14.8 Å². The second kappa shape index (κ2) is 11.8. The van der Waals surface area contributed by atoms with Crippen molar-refractivity contribution in [1.29, 1.82) is 0 Å². The number of nitrogens with one attached hydrogen (secondary N) is 1. The van der Waals surface area contributed by atoms with Gasteiger partial charge in [0.25, 0.3) is 5.91 Å². The number of carbonyl (C=O) groups excluding carboxylic acids is 2. The summed E-state index contributed by atoms with van der Waals surface area (Å²) in [7, 11) is 0. The molecule has 0 saturated carbocycles. The first-order chi connectivity index (χ1) is 16.7. The third-order valence-corrected chi connectivity index (χ3v) is 6.29. The van der Waals surface area contributed by atoms with E-state index < -0.39 is 0 Å². The topological polar surface area (TPSA) is 55.4 Å². The number of amides is 1. The Kier molecular flexibility index (Phi) is 8.86. The summed E-state index contributed by atoms with van der Waals surface area (Å²) < 4.78 is 6.51. The summed E-state index contributed by atoms with van der Waals surface area (Å²) in [4.78, 5) is 22.7. The number of carbonyl (C=O) groups is 2. The van der Waals surface area contributed by atoms with Gasteiger partial charge in [-0.1, -0.05) is 64.1 Å². The number of aryl methyl sites for hydroxylation is 2. The smallest absolute Gasteiger partial charge is 0.251 e. The first-order valence-corrected chi connectivity index (χ1v) is 12.4. The van der Waals surface area contributed by atoms with Crippen molar-refractivity contribution >= 4 is 12.2 Å². The van der Waals surface area contributed by atoms with Crippen LogP contribution in [0, 0.1) is 19.8 Å². The summed E-state index contributed by atoms with van der Waals surface area (Å²) in [5.41, 5.74) is 7.77. The van der Waals surface area contributed by atoms with E-state index in [9.17, 15) is 9.59 Å². The Morgan fingerprint density at radius 2 is 1.46 bits per heavy atom. The quantitative estimate of drug-likeness (QED) is 0.251. The van der Waals surface area contributed by atoms with Crippen LogP contribution < -0.4 is 10.1 Å². The molecule has 1 unspecified atom stereocenters. The monoisotopic (exact) mass is 471 g/mol. The summed E-state index contributed by atoms with van der Waals surface area (Å²) in [6.45, 7) is 13.3. The lowest BCUT2D eigenvalue weighted by Gasteiger charge is -2.24. The van der Waals surface area contributed by atoms with Crippen LogP contribution in [0.5, 0.6) is 5.75 Å². The Morgan fingerprint density at radius 3 is 1.97 bits per heavy atom. The van der Waals surface area contributed by atoms with E-state index in [2.05, 4.69) is 83.3 Å². The van der Waals surface area contributed by atoms with Crippen LogP contribution in [-0.4, -0.2) is 18.7 Å². The van der Waals surface area contributed by atoms with Gasteiger partial charge in [0, 0.05) is 18.5 Å². The number of hydrogen-bond donors (Lipinski definition) is 1. The summed E-state index contributed by atoms with van der Waals surface area (Å²) in [5, 5.41) is 2.75. The summed E-state index contributed by atoms with van der Waals surface area (Å²) in [6, 6.07) is 20.6. The fourth-order valence-electron chi connectivity index (χ4n) is 4.39. The van der Waals surface area contributed by atoms with Gasteiger partial charge in [0.15, 0.2) is 0 Å². The van der Waals surface area contributed by atoms with Crippen molar-refractivity contribution in [3.8, 4) is 16.9 Å². The molecule has 1 amide bonds. The molecule has 1 N–H and O–H groups in total. The van der Waals surface area contributed by atoms with Crippen molar-refractivity contribution in [2.45, 2.75) is 60.0 Å². The minimum atomic E-state index is -0.177. The molecule has 3 rings (SSSR count). The molecule has 0 aliphatic carbocycles. The van der Waals surface area contributed by atoms with E-state index in [-0.39, 0.29) is 17.9 Å². The van der Waals surface area contributed by atoms with Crippen LogP contribution in [-0.2, 0) is 4.79 Å². The molecule has 0 heterocycles. The minimum absolute atomic E-state index is 0.142. The van der Waals surface area contributed by atoms with Crippen LogP contribution in [0.2, 0.25) is 0 Å². The molecule has 4 nitrogen and oxygen atoms in total. The van der Waals surface area contributed by atoms with E-state index in [0.717, 1.165) is 17.6 Å². The molecule has 0 saturated heterocycles. The Bertz CT molecular complexity index is 1120. The third-order valence-electron chi connectivity index (χ3n) is 6.29. The van der Waals surface area contributed by atoms with Crippen molar-refractivity contribution in [2.24, 2.45) is 5.92 Å². The molecule has 3 aromatic rings. The average Bonchev–Trinajstić information content (AvgIpc) is 2.82. The third kappa shape index (κ3) is 6.60. The summed E-state index contributed by atoms with van der Waals surface area (Å²) in [6.07, 6.45) is 0.970. The highest BCUT2D eigenvalue weighted by Crippen LogP contribution is 2.35. The lowest BCUT2D eigenvalue weighted by molar-refractivity contribution is -0.107. The van der Waals surface area contributed by atoms with Crippen molar-refractivity contribution in [3.05, 3.63) is 88.5 Å². The number of rotatable bonds is 10. The number of aldehydes is 1. The lowest BCUT2D eigenvalue weighted by atomic mass is 9.93. The Morgan fingerprint density at radius 1 is 0.886 bits per heavy atom. The zero-order valence-corrected chi connectivity index (χ0v) is 21.7. The molecule has 0 bridgehead atoms. The van der Waals surface area contributed by atoms with Gasteiger partial charge in [-0.2, -0.15) is 0 Å². The predicted molar refractivity (Wildman–Crippen MR) is 143 cm³/mol. The molecular weight excluding hydrogens is 434 g/mol. The molecule has 0 radical (unpaired) electrons. The molecule has 35 heavy (non-hydrogen) atoms. The van der Waals surface area contributed by atoms with Gasteiger partial charge in [0.2, 0.25) is 0 Å². The maximum absolute atomic E-state index is 12.2. The number of ether oxygens (including phenoxy) is 1. The van der Waals surface area contributed by atoms with Crippen LogP contribution in [0.25, 0.3) is 11.1 Å². The predicted octanol–water partition coefficient (Wildman–Crippen LogP) is 7.19. The van der Waals surface area contributed by atoms with Crippen LogP contribution in [0.15, 0.2) is 60.7 Å². The Balaban J connectivity index is 1.80. The second-order valence-corrected chi connectivity index (χ2v) is 9.82. The highest BCUT2D eigenvalue weighted by atomic mass is 16.5.